The van der Waals surface area contributed by atoms with Gasteiger partial charge in [-0.3, -0.25) is 0 Å². The van der Waals surface area contributed by atoms with Gasteiger partial charge in [0.2, 0.25) is 0 Å². The first-order chi connectivity index (χ1) is 7.06. The fourth-order valence-electron chi connectivity index (χ4n) is 0.900. The Morgan fingerprint density at radius 2 is 1.87 bits per heavy atom. The number of methoxy groups -OCH3 is 1. The molecule has 0 atom stereocenters. The highest BCUT2D eigenvalue weighted by Crippen LogP contribution is 2.11. The molecular weight excluding hydrogens is 220 g/mol. The third-order valence-electron chi connectivity index (χ3n) is 1.50. The second kappa shape index (κ2) is 4.90. The first-order valence-corrected chi connectivity index (χ1v) is 5.48. The fourth-order valence-corrected chi connectivity index (χ4v) is 1.78. The van der Waals surface area contributed by atoms with Crippen LogP contribution in [0.1, 0.15) is 0 Å². The Labute approximate surface area is 87.7 Å². The van der Waals surface area contributed by atoms with E-state index in [0.717, 1.165) is 0 Å². The van der Waals surface area contributed by atoms with E-state index in [2.05, 4.69) is 8.92 Å². The molecule has 0 saturated carbocycles. The van der Waals surface area contributed by atoms with Gasteiger partial charge in [0.25, 0.3) is 0 Å². The van der Waals surface area contributed by atoms with Crippen LogP contribution in [0.2, 0.25) is 0 Å². The first-order valence-electron chi connectivity index (χ1n) is 4.07. The molecular formula is C9H10O5S. The molecule has 5 nitrogen and oxygen atoms in total. The lowest BCUT2D eigenvalue weighted by atomic mass is 10.4. The molecule has 0 N–H and O–H groups in total. The van der Waals surface area contributed by atoms with Crippen molar-refractivity contribution in [1.82, 2.24) is 0 Å². The largest absolute Gasteiger partial charge is 0.373 e. The highest BCUT2D eigenvalue weighted by atomic mass is 32.2. The van der Waals surface area contributed by atoms with Crippen LogP contribution in [0.5, 0.6) is 0 Å². The number of benzene rings is 1. The molecule has 0 bridgehead atoms. The minimum Gasteiger partial charge on any atom is -0.373 e. The summed E-state index contributed by atoms with van der Waals surface area (Å²) in [5.41, 5.74) is 0. The van der Waals surface area contributed by atoms with E-state index in [4.69, 9.17) is 0 Å². The highest BCUT2D eigenvalue weighted by Gasteiger charge is 2.19. The Morgan fingerprint density at radius 3 is 2.40 bits per heavy atom. The van der Waals surface area contributed by atoms with Gasteiger partial charge in [-0.15, -0.1) is 0 Å². The summed E-state index contributed by atoms with van der Waals surface area (Å²) in [5.74, 6) is -0.943. The molecule has 0 saturated heterocycles. The van der Waals surface area contributed by atoms with Crippen molar-refractivity contribution in [2.75, 3.05) is 13.7 Å². The van der Waals surface area contributed by atoms with Gasteiger partial charge >= 0.3 is 16.1 Å². The molecule has 0 amide bonds. The van der Waals surface area contributed by atoms with Crippen molar-refractivity contribution in [1.29, 1.82) is 0 Å². The average Bonchev–Trinajstić information content (AvgIpc) is 2.18. The van der Waals surface area contributed by atoms with Crippen molar-refractivity contribution >= 4 is 16.1 Å². The van der Waals surface area contributed by atoms with Crippen LogP contribution >= 0.6 is 0 Å². The number of rotatable bonds is 4. The molecule has 0 radical (unpaired) electrons. The lowest BCUT2D eigenvalue weighted by Crippen LogP contribution is -2.17. The Kier molecular flexibility index (Phi) is 3.81. The summed E-state index contributed by atoms with van der Waals surface area (Å²) in [5, 5.41) is 0. The molecule has 0 aliphatic heterocycles. The van der Waals surface area contributed by atoms with Crippen molar-refractivity contribution in [3.8, 4) is 0 Å². The zero-order valence-corrected chi connectivity index (χ0v) is 8.86. The quantitative estimate of drug-likeness (QED) is 0.707. The monoisotopic (exact) mass is 230 g/mol. The molecule has 0 spiro atoms. The van der Waals surface area contributed by atoms with Gasteiger partial charge in [-0.25, -0.2) is 4.79 Å². The summed E-state index contributed by atoms with van der Waals surface area (Å²) in [6.45, 7) is -0.397. The van der Waals surface area contributed by atoms with Gasteiger partial charge in [-0.1, -0.05) is 18.2 Å². The normalized spacial score (nSPS) is 11.0. The number of carbonyl (C=O) groups is 1. The van der Waals surface area contributed by atoms with Gasteiger partial charge in [0, 0.05) is 7.11 Å². The molecule has 1 rings (SSSR count). The standard InChI is InChI=1S/C9H10O5S/c1-13-7-9(10)14-15(11,12)8-5-3-2-4-6-8/h2-6H,7H2,1H3. The summed E-state index contributed by atoms with van der Waals surface area (Å²) in [6.07, 6.45) is 0. The van der Waals surface area contributed by atoms with Crippen molar-refractivity contribution in [3.63, 3.8) is 0 Å². The lowest BCUT2D eigenvalue weighted by Gasteiger charge is -2.04. The minimum atomic E-state index is -4.01. The predicted molar refractivity (Wildman–Crippen MR) is 51.6 cm³/mol. The first kappa shape index (κ1) is 11.7. The smallest absolute Gasteiger partial charge is 0.348 e. The van der Waals surface area contributed by atoms with Crippen LogP contribution < -0.4 is 0 Å². The van der Waals surface area contributed by atoms with Crippen LogP contribution in [0.15, 0.2) is 35.2 Å². The topological polar surface area (TPSA) is 69.7 Å². The summed E-state index contributed by atoms with van der Waals surface area (Å²) in [6, 6.07) is 7.43. The van der Waals surface area contributed by atoms with Crippen LogP contribution in [0.3, 0.4) is 0 Å². The zero-order chi connectivity index (χ0) is 11.3. The lowest BCUT2D eigenvalue weighted by molar-refractivity contribution is -0.137. The Balaban J connectivity index is 2.81. The van der Waals surface area contributed by atoms with E-state index in [-0.39, 0.29) is 4.90 Å². The molecule has 0 aliphatic carbocycles. The van der Waals surface area contributed by atoms with E-state index < -0.39 is 22.7 Å². The summed E-state index contributed by atoms with van der Waals surface area (Å²) in [4.78, 5) is 10.8. The second-order valence-electron chi connectivity index (χ2n) is 2.66. The molecule has 0 aromatic heterocycles. The van der Waals surface area contributed by atoms with Crippen molar-refractivity contribution < 1.29 is 22.1 Å². The Morgan fingerprint density at radius 1 is 1.27 bits per heavy atom. The van der Waals surface area contributed by atoms with Crippen molar-refractivity contribution in [2.45, 2.75) is 4.90 Å². The Hall–Kier alpha value is -1.40. The molecule has 82 valence electrons. The molecule has 1 aromatic carbocycles. The summed E-state index contributed by atoms with van der Waals surface area (Å²) < 4.78 is 31.6. The van der Waals surface area contributed by atoms with Crippen LogP contribution in [0.4, 0.5) is 0 Å². The van der Waals surface area contributed by atoms with Crippen LogP contribution in [-0.4, -0.2) is 28.1 Å². The van der Waals surface area contributed by atoms with Crippen molar-refractivity contribution in [3.05, 3.63) is 30.3 Å². The van der Waals surface area contributed by atoms with Crippen LogP contribution in [0, 0.1) is 0 Å². The zero-order valence-electron chi connectivity index (χ0n) is 8.04. The number of carbonyl (C=O) groups excluding carboxylic acids is 1. The van der Waals surface area contributed by atoms with Gasteiger partial charge in [0.15, 0.2) is 0 Å². The van der Waals surface area contributed by atoms with E-state index in [9.17, 15) is 13.2 Å². The van der Waals surface area contributed by atoms with E-state index in [1.807, 2.05) is 0 Å². The van der Waals surface area contributed by atoms with Gasteiger partial charge in [0.05, 0.1) is 0 Å². The van der Waals surface area contributed by atoms with Gasteiger partial charge in [-0.2, -0.15) is 8.42 Å². The summed E-state index contributed by atoms with van der Waals surface area (Å²) >= 11 is 0. The number of hydrogen-bond donors (Lipinski definition) is 0. The molecule has 6 heteroatoms. The molecule has 15 heavy (non-hydrogen) atoms. The number of hydrogen-bond acceptors (Lipinski definition) is 5. The van der Waals surface area contributed by atoms with E-state index in [1.54, 1.807) is 6.07 Å². The highest BCUT2D eigenvalue weighted by molar-refractivity contribution is 7.87. The third kappa shape index (κ3) is 3.34. The van der Waals surface area contributed by atoms with Crippen LogP contribution in [-0.2, 0) is 23.8 Å². The van der Waals surface area contributed by atoms with Crippen molar-refractivity contribution in [2.24, 2.45) is 0 Å². The minimum absolute atomic E-state index is 0.0607. The van der Waals surface area contributed by atoms with Gasteiger partial charge in [0.1, 0.15) is 11.5 Å². The van der Waals surface area contributed by atoms with Crippen LogP contribution in [0.25, 0.3) is 0 Å². The second-order valence-corrected chi connectivity index (χ2v) is 4.20. The van der Waals surface area contributed by atoms with E-state index in [1.165, 1.54) is 31.4 Å². The maximum atomic E-state index is 11.4. The predicted octanol–water partition coefficient (Wildman–Crippen LogP) is 0.565. The maximum absolute atomic E-state index is 11.4. The number of ether oxygens (including phenoxy) is 1. The Bertz CT molecular complexity index is 423. The third-order valence-corrected chi connectivity index (χ3v) is 2.75. The average molecular weight is 230 g/mol. The van der Waals surface area contributed by atoms with Gasteiger partial charge < -0.3 is 8.92 Å². The molecule has 0 unspecified atom stereocenters. The molecule has 0 fully saturated rings. The summed E-state index contributed by atoms with van der Waals surface area (Å²) in [7, 11) is -2.74. The molecule has 0 heterocycles. The molecule has 1 aromatic rings. The maximum Gasteiger partial charge on any atom is 0.348 e. The van der Waals surface area contributed by atoms with E-state index in [0.29, 0.717) is 0 Å². The van der Waals surface area contributed by atoms with Gasteiger partial charge in [-0.05, 0) is 12.1 Å². The van der Waals surface area contributed by atoms with E-state index >= 15 is 0 Å². The molecule has 0 aliphatic rings. The fraction of sp³-hybridized carbons (Fsp3) is 0.222. The SMILES string of the molecule is COCC(=O)OS(=O)(=O)c1ccccc1.